The number of hydrogen-bond acceptors (Lipinski definition) is 4. The zero-order valence-corrected chi connectivity index (χ0v) is 19.6. The molecule has 0 saturated carbocycles. The monoisotopic (exact) mass is 423 g/mol. The summed E-state index contributed by atoms with van der Waals surface area (Å²) in [7, 11) is 2.03. The molecule has 31 heavy (non-hydrogen) atoms. The Morgan fingerprint density at radius 3 is 2.52 bits per heavy atom. The molecular weight excluding hydrogens is 386 g/mol. The van der Waals surface area contributed by atoms with Crippen LogP contribution in [-0.2, 0) is 17.8 Å². The Labute approximate surface area is 187 Å². The fraction of sp³-hybridized carbons (Fsp3) is 0.500. The van der Waals surface area contributed by atoms with Crippen LogP contribution in [0.5, 0.6) is 5.75 Å². The molecule has 0 spiro atoms. The molecule has 0 aromatic heterocycles. The molecule has 1 aliphatic heterocycles. The summed E-state index contributed by atoms with van der Waals surface area (Å²) in [5, 5.41) is 3.17. The SMILES string of the molecule is CC(C)N(CCNC(=O)C1c2ccc(OCc3ccccc3)cc2CCN1C)C(C)C. The van der Waals surface area contributed by atoms with Gasteiger partial charge in [0.1, 0.15) is 18.4 Å². The molecule has 5 heteroatoms. The summed E-state index contributed by atoms with van der Waals surface area (Å²) in [6.45, 7) is 11.7. The van der Waals surface area contributed by atoms with Crippen molar-refractivity contribution in [3.05, 3.63) is 65.2 Å². The Kier molecular flexibility index (Phi) is 8.10. The first-order valence-electron chi connectivity index (χ1n) is 11.4. The van der Waals surface area contributed by atoms with Gasteiger partial charge in [0.15, 0.2) is 0 Å². The summed E-state index contributed by atoms with van der Waals surface area (Å²) >= 11 is 0. The predicted molar refractivity (Wildman–Crippen MR) is 126 cm³/mol. The average molecular weight is 424 g/mol. The number of carbonyl (C=O) groups is 1. The van der Waals surface area contributed by atoms with Gasteiger partial charge in [-0.05, 0) is 70.0 Å². The van der Waals surface area contributed by atoms with Gasteiger partial charge in [0.2, 0.25) is 5.91 Å². The van der Waals surface area contributed by atoms with Crippen molar-refractivity contribution in [1.82, 2.24) is 15.1 Å². The van der Waals surface area contributed by atoms with E-state index in [2.05, 4.69) is 67.1 Å². The van der Waals surface area contributed by atoms with Crippen LogP contribution in [0.1, 0.15) is 50.4 Å². The van der Waals surface area contributed by atoms with Crippen molar-refractivity contribution in [3.8, 4) is 5.75 Å². The summed E-state index contributed by atoms with van der Waals surface area (Å²) < 4.78 is 6.00. The summed E-state index contributed by atoms with van der Waals surface area (Å²) in [6, 6.07) is 17.0. The molecule has 5 nitrogen and oxygen atoms in total. The van der Waals surface area contributed by atoms with E-state index in [1.165, 1.54) is 5.56 Å². The van der Waals surface area contributed by atoms with Crippen LogP contribution in [0.25, 0.3) is 0 Å². The van der Waals surface area contributed by atoms with Crippen LogP contribution in [-0.4, -0.2) is 54.5 Å². The van der Waals surface area contributed by atoms with E-state index < -0.39 is 0 Å². The number of benzene rings is 2. The van der Waals surface area contributed by atoms with E-state index in [0.29, 0.717) is 25.2 Å². The van der Waals surface area contributed by atoms with Crippen LogP contribution >= 0.6 is 0 Å². The quantitative estimate of drug-likeness (QED) is 0.661. The molecule has 1 amide bonds. The minimum absolute atomic E-state index is 0.0777. The van der Waals surface area contributed by atoms with Gasteiger partial charge in [-0.2, -0.15) is 0 Å². The van der Waals surface area contributed by atoms with Gasteiger partial charge in [0, 0.05) is 31.7 Å². The summed E-state index contributed by atoms with van der Waals surface area (Å²) in [5.74, 6) is 0.935. The van der Waals surface area contributed by atoms with Crippen molar-refractivity contribution in [2.45, 2.75) is 58.8 Å². The largest absolute Gasteiger partial charge is 0.489 e. The van der Waals surface area contributed by atoms with Crippen LogP contribution < -0.4 is 10.1 Å². The van der Waals surface area contributed by atoms with Crippen LogP contribution in [0, 0.1) is 0 Å². The zero-order valence-electron chi connectivity index (χ0n) is 19.6. The maximum absolute atomic E-state index is 13.1. The number of amides is 1. The molecule has 1 atom stereocenters. The van der Waals surface area contributed by atoms with Crippen LogP contribution in [0.3, 0.4) is 0 Å². The Morgan fingerprint density at radius 1 is 1.13 bits per heavy atom. The Hall–Kier alpha value is -2.37. The lowest BCUT2D eigenvalue weighted by atomic mass is 9.92. The number of ether oxygens (including phenoxy) is 1. The van der Waals surface area contributed by atoms with Crippen molar-refractivity contribution >= 4 is 5.91 Å². The standard InChI is InChI=1S/C26H37N3O2/c1-19(2)29(20(3)4)16-14-27-26(30)25-24-12-11-23(17-22(24)13-15-28(25)5)31-18-21-9-7-6-8-10-21/h6-12,17,19-20,25H,13-16,18H2,1-5H3,(H,27,30). The third-order valence-electron chi connectivity index (χ3n) is 6.08. The second-order valence-corrected chi connectivity index (χ2v) is 8.98. The lowest BCUT2D eigenvalue weighted by molar-refractivity contribution is -0.126. The van der Waals surface area contributed by atoms with Gasteiger partial charge in [0.25, 0.3) is 0 Å². The van der Waals surface area contributed by atoms with Gasteiger partial charge >= 0.3 is 0 Å². The third-order valence-corrected chi connectivity index (χ3v) is 6.08. The van der Waals surface area contributed by atoms with Crippen molar-refractivity contribution in [1.29, 1.82) is 0 Å². The first kappa shape index (κ1) is 23.3. The molecule has 0 saturated heterocycles. The molecule has 0 bridgehead atoms. The lowest BCUT2D eigenvalue weighted by Gasteiger charge is -2.34. The molecule has 1 heterocycles. The molecule has 3 rings (SSSR count). The number of carbonyl (C=O) groups excluding carboxylic acids is 1. The summed E-state index contributed by atoms with van der Waals surface area (Å²) in [4.78, 5) is 17.6. The van der Waals surface area contributed by atoms with Gasteiger partial charge in [-0.1, -0.05) is 36.4 Å². The van der Waals surface area contributed by atoms with Gasteiger partial charge in [-0.3, -0.25) is 14.6 Å². The maximum Gasteiger partial charge on any atom is 0.242 e. The fourth-order valence-electron chi connectivity index (χ4n) is 4.42. The highest BCUT2D eigenvalue weighted by Crippen LogP contribution is 2.31. The van der Waals surface area contributed by atoms with Gasteiger partial charge in [-0.15, -0.1) is 0 Å². The summed E-state index contributed by atoms with van der Waals surface area (Å²) in [5.41, 5.74) is 3.44. The second kappa shape index (κ2) is 10.8. The topological polar surface area (TPSA) is 44.8 Å². The highest BCUT2D eigenvalue weighted by molar-refractivity contribution is 5.84. The molecule has 0 fully saturated rings. The predicted octanol–water partition coefficient (Wildman–Crippen LogP) is 4.03. The number of nitrogens with one attached hydrogen (secondary N) is 1. The van der Waals surface area contributed by atoms with Crippen LogP contribution in [0.15, 0.2) is 48.5 Å². The molecule has 0 radical (unpaired) electrons. The lowest BCUT2D eigenvalue weighted by Crippen LogP contribution is -2.46. The molecule has 1 N–H and O–H groups in total. The van der Waals surface area contributed by atoms with E-state index in [-0.39, 0.29) is 11.9 Å². The van der Waals surface area contributed by atoms with Crippen molar-refractivity contribution in [2.75, 3.05) is 26.7 Å². The van der Waals surface area contributed by atoms with E-state index in [1.807, 2.05) is 31.3 Å². The maximum atomic E-state index is 13.1. The number of rotatable bonds is 9. The van der Waals surface area contributed by atoms with E-state index in [9.17, 15) is 4.79 Å². The zero-order chi connectivity index (χ0) is 22.4. The van der Waals surface area contributed by atoms with E-state index in [1.54, 1.807) is 0 Å². The number of likely N-dealkylation sites (N-methyl/N-ethyl adjacent to an activating group) is 1. The molecule has 1 unspecified atom stereocenters. The van der Waals surface area contributed by atoms with E-state index >= 15 is 0 Å². The Bertz CT molecular complexity index is 843. The minimum Gasteiger partial charge on any atom is -0.489 e. The molecule has 168 valence electrons. The van der Waals surface area contributed by atoms with Crippen molar-refractivity contribution in [3.63, 3.8) is 0 Å². The van der Waals surface area contributed by atoms with Gasteiger partial charge in [-0.25, -0.2) is 0 Å². The highest BCUT2D eigenvalue weighted by atomic mass is 16.5. The molecule has 2 aromatic rings. The molecular formula is C26H37N3O2. The van der Waals surface area contributed by atoms with Crippen molar-refractivity contribution < 1.29 is 9.53 Å². The Balaban J connectivity index is 1.64. The van der Waals surface area contributed by atoms with E-state index in [0.717, 1.165) is 36.4 Å². The van der Waals surface area contributed by atoms with Gasteiger partial charge < -0.3 is 10.1 Å². The minimum atomic E-state index is -0.251. The highest BCUT2D eigenvalue weighted by Gasteiger charge is 2.31. The molecule has 2 aromatic carbocycles. The summed E-state index contributed by atoms with van der Waals surface area (Å²) in [6.07, 6.45) is 0.923. The number of hydrogen-bond donors (Lipinski definition) is 1. The third kappa shape index (κ3) is 6.08. The van der Waals surface area contributed by atoms with E-state index in [4.69, 9.17) is 4.74 Å². The molecule has 0 aliphatic carbocycles. The average Bonchev–Trinajstić information content (AvgIpc) is 2.75. The van der Waals surface area contributed by atoms with Gasteiger partial charge in [0.05, 0.1) is 0 Å². The first-order chi connectivity index (χ1) is 14.9. The fourth-order valence-corrected chi connectivity index (χ4v) is 4.42. The van der Waals surface area contributed by atoms with Crippen LogP contribution in [0.4, 0.5) is 0 Å². The second-order valence-electron chi connectivity index (χ2n) is 8.98. The Morgan fingerprint density at radius 2 is 1.84 bits per heavy atom. The smallest absolute Gasteiger partial charge is 0.242 e. The number of nitrogens with zero attached hydrogens (tertiary/aromatic N) is 2. The number of fused-ring (bicyclic) bond motifs is 1. The first-order valence-corrected chi connectivity index (χ1v) is 11.4. The van der Waals surface area contributed by atoms with Crippen molar-refractivity contribution in [2.24, 2.45) is 0 Å². The van der Waals surface area contributed by atoms with Crippen LogP contribution in [0.2, 0.25) is 0 Å². The molecule has 1 aliphatic rings. The normalized spacial score (nSPS) is 16.6.